The van der Waals surface area contributed by atoms with Gasteiger partial charge in [-0.05, 0) is 50.3 Å². The van der Waals surface area contributed by atoms with Gasteiger partial charge < -0.3 is 9.80 Å². The van der Waals surface area contributed by atoms with E-state index in [4.69, 9.17) is 5.10 Å². The Kier molecular flexibility index (Phi) is 5.58. The summed E-state index contributed by atoms with van der Waals surface area (Å²) in [6.07, 6.45) is 2.90. The van der Waals surface area contributed by atoms with Gasteiger partial charge in [-0.1, -0.05) is 12.1 Å². The van der Waals surface area contributed by atoms with Crippen molar-refractivity contribution < 1.29 is 9.18 Å². The molecule has 1 atom stereocenters. The smallest absolute Gasteiger partial charge is 0.227 e. The maximum absolute atomic E-state index is 13.4. The lowest BCUT2D eigenvalue weighted by Gasteiger charge is -2.16. The summed E-state index contributed by atoms with van der Waals surface area (Å²) in [7, 11) is 4.08. The summed E-state index contributed by atoms with van der Waals surface area (Å²) in [6.45, 7) is 3.00. The number of carbonyl (C=O) groups excluding carboxylic acids is 1. The topological polar surface area (TPSA) is 54.3 Å². The molecule has 7 heteroatoms. The van der Waals surface area contributed by atoms with E-state index in [-0.39, 0.29) is 24.1 Å². The fraction of sp³-hybridized carbons (Fsp3) is 0.409. The average molecular weight is 395 g/mol. The highest BCUT2D eigenvalue weighted by molar-refractivity contribution is 5.81. The number of pyridine rings is 1. The third-order valence-corrected chi connectivity index (χ3v) is 5.47. The lowest BCUT2D eigenvalue weighted by Crippen LogP contribution is -2.30. The quantitative estimate of drug-likeness (QED) is 0.644. The number of aromatic nitrogens is 3. The molecule has 6 nitrogen and oxygen atoms in total. The lowest BCUT2D eigenvalue weighted by molar-refractivity contribution is -0.129. The van der Waals surface area contributed by atoms with Crippen LogP contribution in [0.25, 0.3) is 11.0 Å². The van der Waals surface area contributed by atoms with Gasteiger partial charge in [0.15, 0.2) is 5.65 Å². The number of benzene rings is 1. The van der Waals surface area contributed by atoms with Crippen LogP contribution in [0.3, 0.4) is 0 Å². The first kappa shape index (κ1) is 19.5. The van der Waals surface area contributed by atoms with E-state index in [2.05, 4.69) is 16.0 Å². The van der Waals surface area contributed by atoms with Crippen molar-refractivity contribution in [1.29, 1.82) is 0 Å². The van der Waals surface area contributed by atoms with Crippen molar-refractivity contribution in [3.8, 4) is 0 Å². The molecule has 0 bridgehead atoms. The molecule has 2 aromatic heterocycles. The van der Waals surface area contributed by atoms with Crippen LogP contribution in [0.15, 0.2) is 42.6 Å². The number of likely N-dealkylation sites (tertiary alicyclic amines) is 1. The van der Waals surface area contributed by atoms with Crippen LogP contribution in [0, 0.1) is 5.82 Å². The zero-order valence-corrected chi connectivity index (χ0v) is 16.9. The summed E-state index contributed by atoms with van der Waals surface area (Å²) in [5, 5.41) is 5.94. The first-order chi connectivity index (χ1) is 14.0. The monoisotopic (exact) mass is 395 g/mol. The molecule has 0 saturated carbocycles. The second kappa shape index (κ2) is 8.29. The number of fused-ring (bicyclic) bond motifs is 1. The Balaban J connectivity index is 1.50. The van der Waals surface area contributed by atoms with Crippen molar-refractivity contribution in [2.75, 3.05) is 33.7 Å². The highest BCUT2D eigenvalue weighted by Crippen LogP contribution is 2.31. The van der Waals surface area contributed by atoms with Gasteiger partial charge in [0.2, 0.25) is 5.91 Å². The molecule has 0 N–H and O–H groups in total. The summed E-state index contributed by atoms with van der Waals surface area (Å²) in [6, 6.07) is 10.3. The van der Waals surface area contributed by atoms with Gasteiger partial charge in [0.25, 0.3) is 0 Å². The van der Waals surface area contributed by atoms with Crippen LogP contribution < -0.4 is 0 Å². The lowest BCUT2D eigenvalue weighted by atomic mass is 10.0. The second-order valence-corrected chi connectivity index (χ2v) is 7.92. The van der Waals surface area contributed by atoms with Crippen LogP contribution >= 0.6 is 0 Å². The summed E-state index contributed by atoms with van der Waals surface area (Å²) in [5.41, 5.74) is 2.63. The molecule has 1 fully saturated rings. The SMILES string of the molecule is CN(C)CCn1nc([C@H]2CCN(C(=O)Cc3cccc(F)c3)C2)c2cccnc21. The van der Waals surface area contributed by atoms with Gasteiger partial charge in [0, 0.05) is 37.1 Å². The Morgan fingerprint density at radius 1 is 1.28 bits per heavy atom. The zero-order chi connectivity index (χ0) is 20.4. The predicted octanol–water partition coefficient (Wildman–Crippen LogP) is 2.69. The molecule has 4 rings (SSSR count). The Bertz CT molecular complexity index is 1020. The third kappa shape index (κ3) is 4.29. The van der Waals surface area contributed by atoms with E-state index < -0.39 is 0 Å². The van der Waals surface area contributed by atoms with E-state index in [0.717, 1.165) is 36.2 Å². The van der Waals surface area contributed by atoms with Gasteiger partial charge in [-0.2, -0.15) is 5.10 Å². The van der Waals surface area contributed by atoms with E-state index in [9.17, 15) is 9.18 Å². The van der Waals surface area contributed by atoms with Crippen molar-refractivity contribution in [2.24, 2.45) is 0 Å². The molecule has 3 heterocycles. The number of rotatable bonds is 6. The first-order valence-electron chi connectivity index (χ1n) is 9.99. The Labute approximate surface area is 169 Å². The average Bonchev–Trinajstić information content (AvgIpc) is 3.31. The molecule has 152 valence electrons. The molecule has 1 aliphatic heterocycles. The molecule has 29 heavy (non-hydrogen) atoms. The minimum atomic E-state index is -0.308. The van der Waals surface area contributed by atoms with E-state index in [1.54, 1.807) is 18.3 Å². The largest absolute Gasteiger partial charge is 0.342 e. The number of likely N-dealkylation sites (N-methyl/N-ethyl adjacent to an activating group) is 1. The van der Waals surface area contributed by atoms with Crippen LogP contribution in [0.4, 0.5) is 4.39 Å². The van der Waals surface area contributed by atoms with Crippen LogP contribution in [0.1, 0.15) is 23.6 Å². The number of carbonyl (C=O) groups is 1. The van der Waals surface area contributed by atoms with Crippen molar-refractivity contribution in [1.82, 2.24) is 24.6 Å². The van der Waals surface area contributed by atoms with Gasteiger partial charge in [-0.3, -0.25) is 4.79 Å². The van der Waals surface area contributed by atoms with Gasteiger partial charge >= 0.3 is 0 Å². The maximum Gasteiger partial charge on any atom is 0.227 e. The van der Waals surface area contributed by atoms with Crippen molar-refractivity contribution >= 4 is 16.9 Å². The molecule has 0 spiro atoms. The summed E-state index contributed by atoms with van der Waals surface area (Å²) in [4.78, 5) is 21.2. The number of nitrogens with zero attached hydrogens (tertiary/aromatic N) is 5. The van der Waals surface area contributed by atoms with E-state index >= 15 is 0 Å². The predicted molar refractivity (Wildman–Crippen MR) is 110 cm³/mol. The molecule has 1 aliphatic rings. The molecule has 0 unspecified atom stereocenters. The number of hydrogen-bond acceptors (Lipinski definition) is 4. The highest BCUT2D eigenvalue weighted by atomic mass is 19.1. The standard InChI is InChI=1S/C22H26FN5O/c1-26(2)11-12-28-22-19(7-4-9-24-22)21(25-28)17-8-10-27(15-17)20(29)14-16-5-3-6-18(23)13-16/h3-7,9,13,17H,8,10-12,14-15H2,1-2H3/t17-/m0/s1. The summed E-state index contributed by atoms with van der Waals surface area (Å²) < 4.78 is 15.4. The van der Waals surface area contributed by atoms with Gasteiger partial charge in [-0.25, -0.2) is 14.1 Å². The fourth-order valence-corrected chi connectivity index (χ4v) is 3.93. The fourth-order valence-electron chi connectivity index (χ4n) is 3.93. The first-order valence-corrected chi connectivity index (χ1v) is 9.99. The van der Waals surface area contributed by atoms with Crippen molar-refractivity contribution in [3.05, 3.63) is 59.7 Å². The number of halogens is 1. The summed E-state index contributed by atoms with van der Waals surface area (Å²) >= 11 is 0. The summed E-state index contributed by atoms with van der Waals surface area (Å²) in [5.74, 6) is -0.0804. The molecular weight excluding hydrogens is 369 g/mol. The highest BCUT2D eigenvalue weighted by Gasteiger charge is 2.30. The Morgan fingerprint density at radius 3 is 2.93 bits per heavy atom. The molecule has 1 saturated heterocycles. The molecule has 3 aromatic rings. The van der Waals surface area contributed by atoms with E-state index in [0.29, 0.717) is 18.7 Å². The molecule has 0 aliphatic carbocycles. The normalized spacial score (nSPS) is 16.8. The third-order valence-electron chi connectivity index (χ3n) is 5.47. The van der Waals surface area contributed by atoms with Crippen LogP contribution in [-0.4, -0.2) is 64.2 Å². The Hall–Kier alpha value is -2.80. The van der Waals surface area contributed by atoms with E-state index in [1.165, 1.54) is 12.1 Å². The van der Waals surface area contributed by atoms with Crippen LogP contribution in [0.2, 0.25) is 0 Å². The van der Waals surface area contributed by atoms with Gasteiger partial charge in [-0.15, -0.1) is 0 Å². The van der Waals surface area contributed by atoms with E-state index in [1.807, 2.05) is 29.7 Å². The van der Waals surface area contributed by atoms with Crippen LogP contribution in [0.5, 0.6) is 0 Å². The molecule has 1 amide bonds. The number of amides is 1. The Morgan fingerprint density at radius 2 is 2.14 bits per heavy atom. The van der Waals surface area contributed by atoms with Crippen molar-refractivity contribution in [3.63, 3.8) is 0 Å². The maximum atomic E-state index is 13.4. The zero-order valence-electron chi connectivity index (χ0n) is 16.9. The second-order valence-electron chi connectivity index (χ2n) is 7.92. The minimum Gasteiger partial charge on any atom is -0.342 e. The van der Waals surface area contributed by atoms with Gasteiger partial charge in [0.1, 0.15) is 5.82 Å². The van der Waals surface area contributed by atoms with Crippen molar-refractivity contribution in [2.45, 2.75) is 25.3 Å². The minimum absolute atomic E-state index is 0.0348. The molecule has 0 radical (unpaired) electrons. The van der Waals surface area contributed by atoms with Crippen LogP contribution in [-0.2, 0) is 17.8 Å². The number of hydrogen-bond donors (Lipinski definition) is 0. The van der Waals surface area contributed by atoms with Gasteiger partial charge in [0.05, 0.1) is 18.7 Å². The molecule has 1 aromatic carbocycles. The molecular formula is C22H26FN5O.